The van der Waals surface area contributed by atoms with E-state index in [1.807, 2.05) is 13.1 Å². The molecule has 4 nitrogen and oxygen atoms in total. The van der Waals surface area contributed by atoms with Gasteiger partial charge in [-0.2, -0.15) is 0 Å². The number of rotatable bonds is 2. The van der Waals surface area contributed by atoms with Gasteiger partial charge in [0.15, 0.2) is 0 Å². The van der Waals surface area contributed by atoms with Crippen LogP contribution in [0.4, 0.5) is 5.95 Å². The maximum Gasteiger partial charge on any atom is 0.225 e. The molecule has 0 aromatic carbocycles. The second kappa shape index (κ2) is 4.78. The van der Waals surface area contributed by atoms with Gasteiger partial charge in [0.25, 0.3) is 0 Å². The number of piperidine rings is 1. The predicted molar refractivity (Wildman–Crippen MR) is 65.3 cm³/mol. The van der Waals surface area contributed by atoms with Crippen molar-refractivity contribution in [2.45, 2.75) is 33.2 Å². The number of aryl methyl sites for hydroxylation is 1. The molecule has 0 bridgehead atoms. The van der Waals surface area contributed by atoms with E-state index >= 15 is 0 Å². The van der Waals surface area contributed by atoms with Crippen LogP contribution in [0, 0.1) is 12.8 Å². The quantitative estimate of drug-likeness (QED) is 0.820. The summed E-state index contributed by atoms with van der Waals surface area (Å²) in [5.74, 6) is 1.60. The summed E-state index contributed by atoms with van der Waals surface area (Å²) in [6.07, 6.45) is 4.41. The van der Waals surface area contributed by atoms with Crippen LogP contribution in [0.15, 0.2) is 6.20 Å². The minimum absolute atomic E-state index is 0.516. The molecule has 0 amide bonds. The molecule has 1 aliphatic heterocycles. The number of aromatic nitrogens is 2. The van der Waals surface area contributed by atoms with Gasteiger partial charge in [-0.1, -0.05) is 6.92 Å². The van der Waals surface area contributed by atoms with Crippen molar-refractivity contribution in [2.75, 3.05) is 18.0 Å². The SMILES string of the molecule is Cc1nc(N2CCCC(C)C2)ncc1CN. The number of nitrogens with zero attached hydrogens (tertiary/aromatic N) is 3. The van der Waals surface area contributed by atoms with Crippen molar-refractivity contribution in [1.82, 2.24) is 9.97 Å². The highest BCUT2D eigenvalue weighted by atomic mass is 15.3. The van der Waals surface area contributed by atoms with E-state index in [-0.39, 0.29) is 0 Å². The van der Waals surface area contributed by atoms with Crippen molar-refractivity contribution >= 4 is 5.95 Å². The Morgan fingerprint density at radius 2 is 2.38 bits per heavy atom. The monoisotopic (exact) mass is 220 g/mol. The van der Waals surface area contributed by atoms with Crippen LogP contribution in [0.1, 0.15) is 31.0 Å². The van der Waals surface area contributed by atoms with Gasteiger partial charge >= 0.3 is 0 Å². The summed E-state index contributed by atoms with van der Waals surface area (Å²) in [5, 5.41) is 0. The standard InChI is InChI=1S/C12H20N4/c1-9-4-3-5-16(8-9)12-14-7-11(6-13)10(2)15-12/h7,9H,3-6,8,13H2,1-2H3. The molecule has 0 spiro atoms. The molecule has 1 atom stereocenters. The largest absolute Gasteiger partial charge is 0.341 e. The Bertz CT molecular complexity index is 364. The molecule has 1 fully saturated rings. The van der Waals surface area contributed by atoms with Gasteiger partial charge in [0.2, 0.25) is 5.95 Å². The van der Waals surface area contributed by atoms with Crippen molar-refractivity contribution in [3.8, 4) is 0 Å². The zero-order chi connectivity index (χ0) is 11.5. The van der Waals surface area contributed by atoms with E-state index in [9.17, 15) is 0 Å². The average Bonchev–Trinajstić information content (AvgIpc) is 2.29. The molecular weight excluding hydrogens is 200 g/mol. The van der Waals surface area contributed by atoms with Gasteiger partial charge in [-0.05, 0) is 25.7 Å². The third-order valence-corrected chi connectivity index (χ3v) is 3.23. The predicted octanol–water partition coefficient (Wildman–Crippen LogP) is 1.48. The fourth-order valence-corrected chi connectivity index (χ4v) is 2.20. The molecule has 88 valence electrons. The lowest BCUT2D eigenvalue weighted by molar-refractivity contribution is 0.441. The van der Waals surface area contributed by atoms with E-state index in [0.29, 0.717) is 6.54 Å². The van der Waals surface area contributed by atoms with Gasteiger partial charge in [-0.15, -0.1) is 0 Å². The van der Waals surface area contributed by atoms with Crippen LogP contribution < -0.4 is 10.6 Å². The van der Waals surface area contributed by atoms with Gasteiger partial charge in [-0.25, -0.2) is 9.97 Å². The smallest absolute Gasteiger partial charge is 0.225 e. The van der Waals surface area contributed by atoms with Crippen LogP contribution in [0.5, 0.6) is 0 Å². The molecule has 2 N–H and O–H groups in total. The summed E-state index contributed by atoms with van der Waals surface area (Å²) in [4.78, 5) is 11.2. The van der Waals surface area contributed by atoms with Crippen LogP contribution in [-0.4, -0.2) is 23.1 Å². The highest BCUT2D eigenvalue weighted by molar-refractivity contribution is 5.33. The molecular formula is C12H20N4. The Hall–Kier alpha value is -1.16. The number of hydrogen-bond donors (Lipinski definition) is 1. The molecule has 16 heavy (non-hydrogen) atoms. The zero-order valence-corrected chi connectivity index (χ0v) is 10.1. The van der Waals surface area contributed by atoms with E-state index in [2.05, 4.69) is 21.8 Å². The van der Waals surface area contributed by atoms with Gasteiger partial charge < -0.3 is 10.6 Å². The van der Waals surface area contributed by atoms with Gasteiger partial charge in [0.05, 0.1) is 0 Å². The van der Waals surface area contributed by atoms with E-state index in [4.69, 9.17) is 5.73 Å². The first-order valence-electron chi connectivity index (χ1n) is 5.98. The minimum Gasteiger partial charge on any atom is -0.341 e. The van der Waals surface area contributed by atoms with Crippen molar-refractivity contribution in [2.24, 2.45) is 11.7 Å². The molecule has 0 radical (unpaired) electrons. The molecule has 0 saturated carbocycles. The second-order valence-corrected chi connectivity index (χ2v) is 4.68. The van der Waals surface area contributed by atoms with E-state index in [1.54, 1.807) is 0 Å². The van der Waals surface area contributed by atoms with E-state index in [0.717, 1.165) is 36.2 Å². The molecule has 1 aliphatic rings. The Labute approximate surface area is 96.9 Å². The molecule has 4 heteroatoms. The van der Waals surface area contributed by atoms with Crippen LogP contribution in [0.25, 0.3) is 0 Å². The summed E-state index contributed by atoms with van der Waals surface area (Å²) < 4.78 is 0. The third kappa shape index (κ3) is 2.32. The second-order valence-electron chi connectivity index (χ2n) is 4.68. The van der Waals surface area contributed by atoms with E-state index < -0.39 is 0 Å². The number of nitrogens with two attached hydrogens (primary N) is 1. The first-order valence-corrected chi connectivity index (χ1v) is 5.98. The fraction of sp³-hybridized carbons (Fsp3) is 0.667. The van der Waals surface area contributed by atoms with Crippen LogP contribution >= 0.6 is 0 Å². The Kier molecular flexibility index (Phi) is 3.39. The van der Waals surface area contributed by atoms with Crippen molar-refractivity contribution < 1.29 is 0 Å². The minimum atomic E-state index is 0.516. The number of anilines is 1. The lowest BCUT2D eigenvalue weighted by atomic mass is 10.0. The van der Waals surface area contributed by atoms with Gasteiger partial charge in [-0.3, -0.25) is 0 Å². The zero-order valence-electron chi connectivity index (χ0n) is 10.1. The summed E-state index contributed by atoms with van der Waals surface area (Å²) in [7, 11) is 0. The van der Waals surface area contributed by atoms with Gasteiger partial charge in [0, 0.05) is 37.1 Å². The normalized spacial score (nSPS) is 21.2. The summed E-state index contributed by atoms with van der Waals surface area (Å²) in [5.41, 5.74) is 7.65. The molecule has 1 aromatic rings. The van der Waals surface area contributed by atoms with Crippen LogP contribution in [0.3, 0.4) is 0 Å². The highest BCUT2D eigenvalue weighted by Crippen LogP contribution is 2.20. The fourth-order valence-electron chi connectivity index (χ4n) is 2.20. The topological polar surface area (TPSA) is 55.0 Å². The molecule has 1 saturated heterocycles. The van der Waals surface area contributed by atoms with Crippen molar-refractivity contribution in [1.29, 1.82) is 0 Å². The lowest BCUT2D eigenvalue weighted by Crippen LogP contribution is -2.35. The maximum absolute atomic E-state index is 5.61. The first-order chi connectivity index (χ1) is 7.70. The van der Waals surface area contributed by atoms with Crippen molar-refractivity contribution in [3.63, 3.8) is 0 Å². The summed E-state index contributed by atoms with van der Waals surface area (Å²) in [6, 6.07) is 0. The van der Waals surface area contributed by atoms with Gasteiger partial charge in [0.1, 0.15) is 0 Å². The van der Waals surface area contributed by atoms with Crippen LogP contribution in [0.2, 0.25) is 0 Å². The molecule has 1 unspecified atom stereocenters. The summed E-state index contributed by atoms with van der Waals surface area (Å²) in [6.45, 7) is 6.95. The lowest BCUT2D eigenvalue weighted by Gasteiger charge is -2.31. The summed E-state index contributed by atoms with van der Waals surface area (Å²) >= 11 is 0. The molecule has 0 aliphatic carbocycles. The van der Waals surface area contributed by atoms with Crippen LogP contribution in [-0.2, 0) is 6.54 Å². The van der Waals surface area contributed by atoms with E-state index in [1.165, 1.54) is 12.8 Å². The molecule has 2 heterocycles. The number of hydrogen-bond acceptors (Lipinski definition) is 4. The Morgan fingerprint density at radius 3 is 3.00 bits per heavy atom. The first kappa shape index (κ1) is 11.3. The Balaban J connectivity index is 2.17. The maximum atomic E-state index is 5.61. The van der Waals surface area contributed by atoms with Crippen molar-refractivity contribution in [3.05, 3.63) is 17.5 Å². The molecule has 1 aromatic heterocycles. The highest BCUT2D eigenvalue weighted by Gasteiger charge is 2.18. The third-order valence-electron chi connectivity index (χ3n) is 3.23. The Morgan fingerprint density at radius 1 is 1.56 bits per heavy atom. The average molecular weight is 220 g/mol. The molecule has 2 rings (SSSR count).